The summed E-state index contributed by atoms with van der Waals surface area (Å²) in [7, 11) is 0. The van der Waals surface area contributed by atoms with Gasteiger partial charge < -0.3 is 18.0 Å². The Morgan fingerprint density at radius 2 is 0.657 bits per heavy atom. The van der Waals surface area contributed by atoms with Gasteiger partial charge in [0.2, 0.25) is 0 Å². The molecular formula is C64H34N4O2. The van der Waals surface area contributed by atoms with E-state index in [0.29, 0.717) is 22.5 Å². The average molecular weight is 891 g/mol. The van der Waals surface area contributed by atoms with Gasteiger partial charge >= 0.3 is 0 Å². The van der Waals surface area contributed by atoms with E-state index in [1.165, 1.54) is 0 Å². The first kappa shape index (κ1) is 38.2. The van der Waals surface area contributed by atoms with Gasteiger partial charge in [-0.05, 0) is 129 Å². The van der Waals surface area contributed by atoms with Crippen molar-refractivity contribution in [2.45, 2.75) is 0 Å². The maximum atomic E-state index is 11.2. The number of aromatic nitrogens is 2. The lowest BCUT2D eigenvalue weighted by molar-refractivity contribution is 0.668. The third-order valence-electron chi connectivity index (χ3n) is 14.6. The molecule has 0 aliphatic carbocycles. The minimum absolute atomic E-state index is 0.454. The van der Waals surface area contributed by atoms with Gasteiger partial charge in [0.25, 0.3) is 0 Å². The third kappa shape index (κ3) is 5.30. The third-order valence-corrected chi connectivity index (χ3v) is 14.6. The molecule has 4 aromatic heterocycles. The summed E-state index contributed by atoms with van der Waals surface area (Å²) in [5.74, 6) is 0. The van der Waals surface area contributed by atoms with Crippen LogP contribution in [0.5, 0.6) is 0 Å². The van der Waals surface area contributed by atoms with E-state index < -0.39 is 0 Å². The van der Waals surface area contributed by atoms with Crippen LogP contribution in [-0.2, 0) is 0 Å². The molecule has 15 aromatic rings. The molecule has 0 saturated carbocycles. The maximum Gasteiger partial charge on any atom is 0.135 e. The van der Waals surface area contributed by atoms with E-state index >= 15 is 0 Å². The largest absolute Gasteiger partial charge is 0.456 e. The second kappa shape index (κ2) is 14.3. The number of furan rings is 2. The topological polar surface area (TPSA) is 83.7 Å². The van der Waals surface area contributed by atoms with Gasteiger partial charge in [0.15, 0.2) is 0 Å². The van der Waals surface area contributed by atoms with Gasteiger partial charge in [-0.2, -0.15) is 10.5 Å². The molecule has 0 atom stereocenters. The van der Waals surface area contributed by atoms with Crippen molar-refractivity contribution in [1.82, 2.24) is 9.13 Å². The average Bonchev–Trinajstić information content (AvgIpc) is 4.17. The fourth-order valence-corrected chi connectivity index (χ4v) is 11.4. The summed E-state index contributed by atoms with van der Waals surface area (Å²) in [5, 5.41) is 35.4. The molecular weight excluding hydrogens is 857 g/mol. The van der Waals surface area contributed by atoms with Crippen LogP contribution in [0.2, 0.25) is 0 Å². The van der Waals surface area contributed by atoms with Crippen LogP contribution in [-0.4, -0.2) is 9.13 Å². The first-order chi connectivity index (χ1) is 34.6. The van der Waals surface area contributed by atoms with Crippen LogP contribution >= 0.6 is 0 Å². The second-order valence-electron chi connectivity index (χ2n) is 18.2. The van der Waals surface area contributed by atoms with Crippen LogP contribution in [0.3, 0.4) is 0 Å². The minimum Gasteiger partial charge on any atom is -0.456 e. The fraction of sp³-hybridized carbons (Fsp3) is 0. The highest BCUT2D eigenvalue weighted by Gasteiger charge is 2.27. The monoisotopic (exact) mass is 890 g/mol. The molecule has 0 unspecified atom stereocenters. The highest BCUT2D eigenvalue weighted by molar-refractivity contribution is 6.24. The molecule has 0 saturated heterocycles. The highest BCUT2D eigenvalue weighted by atomic mass is 16.3. The molecule has 322 valence electrons. The summed E-state index contributed by atoms with van der Waals surface area (Å²) in [4.78, 5) is 0. The predicted octanol–water partition coefficient (Wildman–Crippen LogP) is 17.1. The van der Waals surface area contributed by atoms with Crippen molar-refractivity contribution >= 4 is 109 Å². The van der Waals surface area contributed by atoms with Gasteiger partial charge in [-0.25, -0.2) is 0 Å². The van der Waals surface area contributed by atoms with E-state index in [-0.39, 0.29) is 0 Å². The predicted molar refractivity (Wildman–Crippen MR) is 285 cm³/mol. The molecule has 4 heterocycles. The molecule has 11 aromatic carbocycles. The molecule has 0 fully saturated rings. The van der Waals surface area contributed by atoms with Gasteiger partial charge in [0.1, 0.15) is 34.5 Å². The molecule has 6 nitrogen and oxygen atoms in total. The number of nitriles is 2. The van der Waals surface area contributed by atoms with Gasteiger partial charge in [0, 0.05) is 43.1 Å². The number of hydrogen-bond acceptors (Lipinski definition) is 4. The number of fused-ring (bicyclic) bond motifs is 16. The number of benzene rings is 11. The maximum absolute atomic E-state index is 11.2. The molecule has 0 aliphatic heterocycles. The first-order valence-electron chi connectivity index (χ1n) is 23.3. The van der Waals surface area contributed by atoms with Gasteiger partial charge in [-0.3, -0.25) is 0 Å². The number of para-hydroxylation sites is 2. The summed E-state index contributed by atoms with van der Waals surface area (Å²) >= 11 is 0. The Bertz CT molecular complexity index is 4560. The molecule has 6 heteroatoms. The van der Waals surface area contributed by atoms with E-state index in [1.807, 2.05) is 36.4 Å². The van der Waals surface area contributed by atoms with E-state index in [2.05, 4.69) is 179 Å². The zero-order valence-electron chi connectivity index (χ0n) is 37.2. The normalized spacial score (nSPS) is 12.0. The molecule has 0 aliphatic rings. The number of hydrogen-bond donors (Lipinski definition) is 0. The quantitative estimate of drug-likeness (QED) is 0.176. The molecule has 0 spiro atoms. The van der Waals surface area contributed by atoms with Crippen molar-refractivity contribution in [3.05, 3.63) is 217 Å². The van der Waals surface area contributed by atoms with E-state index in [1.54, 1.807) is 12.1 Å². The van der Waals surface area contributed by atoms with Crippen LogP contribution < -0.4 is 0 Å². The number of nitrogens with zero attached hydrogens (tertiary/aromatic N) is 4. The Hall–Kier alpha value is -9.88. The summed E-state index contributed by atoms with van der Waals surface area (Å²) in [6.07, 6.45) is 0. The molecule has 0 N–H and O–H groups in total. The van der Waals surface area contributed by atoms with Gasteiger partial charge in [-0.1, -0.05) is 121 Å². The Balaban J connectivity index is 1.03. The standard InChI is InChI=1S/C64H34N4O2/c65-35-43-17-18-44(36-66)64(68-54-26-22-40(34-52(54)62-46-12-4-2-10-38(46)20-28-56(62)68)42-24-30-60-50(32-42)48-14-6-8-16-58(48)70-60)63(43)67-53-25-21-39(33-51(53)61-45-11-3-1-9-37(45)19-27-55(61)67)41-23-29-59-49(31-41)47-13-5-7-15-57(47)69-59/h1-34H. The lowest BCUT2D eigenvalue weighted by atomic mass is 9.99. The Kier molecular flexibility index (Phi) is 7.82. The lowest BCUT2D eigenvalue weighted by Crippen LogP contribution is -2.08. The van der Waals surface area contributed by atoms with Gasteiger partial charge in [-0.15, -0.1) is 0 Å². The van der Waals surface area contributed by atoms with Crippen LogP contribution in [0.4, 0.5) is 0 Å². The van der Waals surface area contributed by atoms with Crippen LogP contribution in [0.15, 0.2) is 215 Å². The van der Waals surface area contributed by atoms with E-state index in [4.69, 9.17) is 8.83 Å². The molecule has 15 rings (SSSR count). The zero-order chi connectivity index (χ0) is 46.2. The second-order valence-corrected chi connectivity index (χ2v) is 18.2. The summed E-state index contributed by atoms with van der Waals surface area (Å²) in [6, 6.07) is 76.8. The fourth-order valence-electron chi connectivity index (χ4n) is 11.4. The first-order valence-corrected chi connectivity index (χ1v) is 23.3. The Morgan fingerprint density at radius 3 is 1.10 bits per heavy atom. The smallest absolute Gasteiger partial charge is 0.135 e. The molecule has 0 bridgehead atoms. The van der Waals surface area contributed by atoms with Crippen molar-refractivity contribution in [3.63, 3.8) is 0 Å². The van der Waals surface area contributed by atoms with E-state index in [9.17, 15) is 10.5 Å². The summed E-state index contributed by atoms with van der Waals surface area (Å²) in [6.45, 7) is 0. The van der Waals surface area contributed by atoms with Crippen LogP contribution in [0.1, 0.15) is 11.1 Å². The van der Waals surface area contributed by atoms with Crippen molar-refractivity contribution in [2.75, 3.05) is 0 Å². The van der Waals surface area contributed by atoms with Crippen molar-refractivity contribution < 1.29 is 8.83 Å². The molecule has 70 heavy (non-hydrogen) atoms. The molecule has 0 amide bonds. The van der Waals surface area contributed by atoms with Crippen molar-refractivity contribution in [2.24, 2.45) is 0 Å². The van der Waals surface area contributed by atoms with Crippen LogP contribution in [0.25, 0.3) is 143 Å². The van der Waals surface area contributed by atoms with E-state index in [0.717, 1.165) is 131 Å². The Labute approximate surface area is 398 Å². The lowest BCUT2D eigenvalue weighted by Gasteiger charge is -2.19. The van der Waals surface area contributed by atoms with Crippen molar-refractivity contribution in [1.29, 1.82) is 10.5 Å². The summed E-state index contributed by atoms with van der Waals surface area (Å²) < 4.78 is 16.9. The minimum atomic E-state index is 0.454. The Morgan fingerprint density at radius 1 is 0.300 bits per heavy atom. The van der Waals surface area contributed by atoms with Crippen LogP contribution in [0, 0.1) is 22.7 Å². The van der Waals surface area contributed by atoms with Gasteiger partial charge in [0.05, 0.1) is 44.6 Å². The molecule has 0 radical (unpaired) electrons. The summed E-state index contributed by atoms with van der Waals surface area (Å²) in [5.41, 5.74) is 13.6. The SMILES string of the molecule is N#Cc1ccc(C#N)c(-n2c3ccc(-c4ccc5oc6ccccc6c5c4)cc3c3c4ccccc4ccc32)c1-n1c2ccc(-c3ccc4oc5ccccc5c4c3)cc2c2c3ccccc3ccc21. The van der Waals surface area contributed by atoms with Crippen molar-refractivity contribution in [3.8, 4) is 45.8 Å². The zero-order valence-corrected chi connectivity index (χ0v) is 37.2. The highest BCUT2D eigenvalue weighted by Crippen LogP contribution is 2.46. The number of rotatable bonds is 4.